The Kier molecular flexibility index (Phi) is 4.02. The molecule has 0 spiro atoms. The fourth-order valence-electron chi connectivity index (χ4n) is 1.58. The number of pyridine rings is 1. The number of nitrogens with zero attached hydrogens (tertiary/aromatic N) is 1. The Morgan fingerprint density at radius 3 is 2.58 bits per heavy atom. The van der Waals surface area contributed by atoms with E-state index in [1.54, 1.807) is 24.3 Å². The predicted molar refractivity (Wildman–Crippen MR) is 75.8 cm³/mol. The fourth-order valence-corrected chi connectivity index (χ4v) is 1.71. The van der Waals surface area contributed by atoms with Crippen LogP contribution in [0, 0.1) is 12.3 Å². The lowest BCUT2D eigenvalue weighted by molar-refractivity contribution is 0.292. The van der Waals surface area contributed by atoms with Crippen molar-refractivity contribution in [3.8, 4) is 5.88 Å². The summed E-state index contributed by atoms with van der Waals surface area (Å²) in [5, 5.41) is 8.18. The zero-order valence-corrected chi connectivity index (χ0v) is 11.2. The van der Waals surface area contributed by atoms with Gasteiger partial charge in [0, 0.05) is 10.7 Å². The number of hydrogen-bond donors (Lipinski definition) is 2. The van der Waals surface area contributed by atoms with Crippen LogP contribution in [0.2, 0.25) is 5.02 Å². The van der Waals surface area contributed by atoms with Gasteiger partial charge in [-0.2, -0.15) is 0 Å². The van der Waals surface area contributed by atoms with Gasteiger partial charge in [-0.1, -0.05) is 23.7 Å². The Labute approximate surface area is 116 Å². The van der Waals surface area contributed by atoms with Gasteiger partial charge in [0.15, 0.2) is 0 Å². The molecular weight excluding hydrogens is 262 g/mol. The molecule has 0 aliphatic heterocycles. The van der Waals surface area contributed by atoms with E-state index >= 15 is 0 Å². The number of aryl methyl sites for hydroxylation is 1. The number of aromatic nitrogens is 1. The normalized spacial score (nSPS) is 10.2. The topological polar surface area (TPSA) is 72.0 Å². The molecule has 0 saturated heterocycles. The molecule has 1 aromatic carbocycles. The number of amidine groups is 1. The maximum atomic E-state index is 7.50. The van der Waals surface area contributed by atoms with Crippen molar-refractivity contribution < 1.29 is 4.74 Å². The van der Waals surface area contributed by atoms with Gasteiger partial charge >= 0.3 is 0 Å². The summed E-state index contributed by atoms with van der Waals surface area (Å²) in [5.74, 6) is 0.320. The Morgan fingerprint density at radius 2 is 1.95 bits per heavy atom. The van der Waals surface area contributed by atoms with E-state index in [1.807, 2.05) is 19.1 Å². The molecule has 3 N–H and O–H groups in total. The highest BCUT2D eigenvalue weighted by atomic mass is 35.5. The molecule has 19 heavy (non-hydrogen) atoms. The van der Waals surface area contributed by atoms with Crippen LogP contribution in [0.25, 0.3) is 0 Å². The summed E-state index contributed by atoms with van der Waals surface area (Å²) in [6.07, 6.45) is 0. The summed E-state index contributed by atoms with van der Waals surface area (Å²) < 4.78 is 5.63. The first-order valence-electron chi connectivity index (χ1n) is 5.75. The van der Waals surface area contributed by atoms with Crippen molar-refractivity contribution in [2.45, 2.75) is 13.5 Å². The molecule has 0 saturated carbocycles. The highest BCUT2D eigenvalue weighted by Crippen LogP contribution is 2.18. The molecule has 1 heterocycles. The third kappa shape index (κ3) is 3.45. The van der Waals surface area contributed by atoms with E-state index in [9.17, 15) is 0 Å². The standard InChI is InChI=1S/C14H14ClN3O/c1-9-2-7-12(13(16)17)14(18-9)19-8-10-3-5-11(15)6-4-10/h2-7H,8H2,1H3,(H3,16,17). The molecule has 5 heteroatoms. The van der Waals surface area contributed by atoms with Crippen molar-refractivity contribution in [3.63, 3.8) is 0 Å². The molecule has 0 amide bonds. The van der Waals surface area contributed by atoms with Gasteiger partial charge in [-0.05, 0) is 36.8 Å². The maximum absolute atomic E-state index is 7.50. The smallest absolute Gasteiger partial charge is 0.225 e. The highest BCUT2D eigenvalue weighted by Gasteiger charge is 2.09. The minimum Gasteiger partial charge on any atom is -0.472 e. The SMILES string of the molecule is Cc1ccc(C(=N)N)c(OCc2ccc(Cl)cc2)n1. The van der Waals surface area contributed by atoms with Gasteiger partial charge in [-0.25, -0.2) is 4.98 Å². The van der Waals surface area contributed by atoms with Gasteiger partial charge in [0.1, 0.15) is 12.4 Å². The highest BCUT2D eigenvalue weighted by molar-refractivity contribution is 6.30. The molecule has 0 aliphatic rings. The summed E-state index contributed by atoms with van der Waals surface area (Å²) >= 11 is 5.82. The van der Waals surface area contributed by atoms with E-state index < -0.39 is 0 Å². The first-order valence-corrected chi connectivity index (χ1v) is 6.13. The fraction of sp³-hybridized carbons (Fsp3) is 0.143. The first-order chi connectivity index (χ1) is 9.06. The van der Waals surface area contributed by atoms with Gasteiger partial charge in [-0.15, -0.1) is 0 Å². The van der Waals surface area contributed by atoms with E-state index in [0.717, 1.165) is 11.3 Å². The molecule has 0 unspecified atom stereocenters. The monoisotopic (exact) mass is 275 g/mol. The number of halogens is 1. The molecule has 2 rings (SSSR count). The van der Waals surface area contributed by atoms with Crippen LogP contribution in [0.15, 0.2) is 36.4 Å². The quantitative estimate of drug-likeness (QED) is 0.666. The molecule has 0 aliphatic carbocycles. The number of nitrogens with one attached hydrogen (secondary N) is 1. The van der Waals surface area contributed by atoms with E-state index in [4.69, 9.17) is 27.5 Å². The van der Waals surface area contributed by atoms with Crippen molar-refractivity contribution in [2.24, 2.45) is 5.73 Å². The summed E-state index contributed by atoms with van der Waals surface area (Å²) in [5.41, 5.74) is 7.79. The van der Waals surface area contributed by atoms with Gasteiger partial charge in [0.25, 0.3) is 0 Å². The van der Waals surface area contributed by atoms with E-state index in [2.05, 4.69) is 4.98 Å². The zero-order chi connectivity index (χ0) is 13.8. The minimum atomic E-state index is -0.0568. The lowest BCUT2D eigenvalue weighted by Gasteiger charge is -2.10. The van der Waals surface area contributed by atoms with Crippen LogP contribution < -0.4 is 10.5 Å². The molecule has 0 fully saturated rings. The zero-order valence-electron chi connectivity index (χ0n) is 10.5. The number of benzene rings is 1. The molecule has 2 aromatic rings. The Bertz CT molecular complexity index is 596. The lowest BCUT2D eigenvalue weighted by Crippen LogP contribution is -2.14. The van der Waals surface area contributed by atoms with Crippen molar-refractivity contribution in [1.82, 2.24) is 4.98 Å². The second-order valence-corrected chi connectivity index (χ2v) is 4.57. The van der Waals surface area contributed by atoms with Gasteiger partial charge in [0.05, 0.1) is 5.56 Å². The summed E-state index contributed by atoms with van der Waals surface area (Å²) in [4.78, 5) is 4.26. The van der Waals surface area contributed by atoms with Crippen LogP contribution in [-0.4, -0.2) is 10.8 Å². The van der Waals surface area contributed by atoms with Crippen molar-refractivity contribution in [3.05, 3.63) is 58.2 Å². The Hall–Kier alpha value is -2.07. The number of rotatable bonds is 4. The van der Waals surface area contributed by atoms with Crippen molar-refractivity contribution in [2.75, 3.05) is 0 Å². The maximum Gasteiger partial charge on any atom is 0.225 e. The summed E-state index contributed by atoms with van der Waals surface area (Å²) in [6.45, 7) is 2.22. The van der Waals surface area contributed by atoms with Crippen LogP contribution in [-0.2, 0) is 6.61 Å². The average molecular weight is 276 g/mol. The van der Waals surface area contributed by atoms with Crippen LogP contribution in [0.4, 0.5) is 0 Å². The number of nitrogen functional groups attached to an aromatic ring is 1. The largest absolute Gasteiger partial charge is 0.472 e. The van der Waals surface area contributed by atoms with Gasteiger partial charge in [-0.3, -0.25) is 5.41 Å². The van der Waals surface area contributed by atoms with E-state index in [1.165, 1.54) is 0 Å². The molecule has 0 bridgehead atoms. The number of nitrogens with two attached hydrogens (primary N) is 1. The molecule has 98 valence electrons. The molecule has 0 radical (unpaired) electrons. The summed E-state index contributed by atoms with van der Waals surface area (Å²) in [6, 6.07) is 10.9. The second kappa shape index (κ2) is 5.71. The minimum absolute atomic E-state index is 0.0568. The predicted octanol–water partition coefficient (Wildman–Crippen LogP) is 2.91. The van der Waals surface area contributed by atoms with Crippen LogP contribution in [0.1, 0.15) is 16.8 Å². The summed E-state index contributed by atoms with van der Waals surface area (Å²) in [7, 11) is 0. The first kappa shape index (κ1) is 13.4. The number of ether oxygens (including phenoxy) is 1. The average Bonchev–Trinajstić information content (AvgIpc) is 2.38. The van der Waals surface area contributed by atoms with Crippen molar-refractivity contribution >= 4 is 17.4 Å². The Balaban J connectivity index is 2.16. The molecule has 4 nitrogen and oxygen atoms in total. The third-order valence-corrected chi connectivity index (χ3v) is 2.83. The molecule has 1 aromatic heterocycles. The van der Waals surface area contributed by atoms with Crippen LogP contribution in [0.3, 0.4) is 0 Å². The third-order valence-electron chi connectivity index (χ3n) is 2.58. The van der Waals surface area contributed by atoms with Crippen LogP contribution >= 0.6 is 11.6 Å². The number of hydrogen-bond acceptors (Lipinski definition) is 3. The van der Waals surface area contributed by atoms with Crippen LogP contribution in [0.5, 0.6) is 5.88 Å². The van der Waals surface area contributed by atoms with Crippen molar-refractivity contribution in [1.29, 1.82) is 5.41 Å². The Morgan fingerprint density at radius 1 is 1.26 bits per heavy atom. The molecule has 0 atom stereocenters. The van der Waals surface area contributed by atoms with Gasteiger partial charge in [0.2, 0.25) is 5.88 Å². The van der Waals surface area contributed by atoms with Gasteiger partial charge < -0.3 is 10.5 Å². The lowest BCUT2D eigenvalue weighted by atomic mass is 10.2. The molecular formula is C14H14ClN3O. The van der Waals surface area contributed by atoms with E-state index in [-0.39, 0.29) is 5.84 Å². The second-order valence-electron chi connectivity index (χ2n) is 4.13. The van der Waals surface area contributed by atoms with E-state index in [0.29, 0.717) is 23.1 Å².